The first-order valence-corrected chi connectivity index (χ1v) is 15.1. The quantitative estimate of drug-likeness (QED) is 0.247. The summed E-state index contributed by atoms with van der Waals surface area (Å²) >= 11 is 6.30. The van der Waals surface area contributed by atoms with Gasteiger partial charge in [-0.3, -0.25) is 13.9 Å². The molecule has 42 heavy (non-hydrogen) atoms. The van der Waals surface area contributed by atoms with E-state index >= 15 is 0 Å². The maximum atomic E-state index is 14.3. The number of carbonyl (C=O) groups is 2. The molecule has 1 unspecified atom stereocenters. The molecule has 0 aliphatic carbocycles. The Balaban J connectivity index is 1.82. The Hall–Kier alpha value is -4.34. The summed E-state index contributed by atoms with van der Waals surface area (Å²) < 4.78 is 34.6. The zero-order valence-corrected chi connectivity index (χ0v) is 24.9. The Kier molecular flexibility index (Phi) is 10.2. The molecule has 1 N–H and O–H groups in total. The smallest absolute Gasteiger partial charge is 0.264 e. The van der Waals surface area contributed by atoms with Crippen LogP contribution in [0.5, 0.6) is 5.75 Å². The van der Waals surface area contributed by atoms with E-state index in [1.807, 2.05) is 60.7 Å². The molecule has 0 aliphatic heterocycles. The SMILES string of the molecule is CNC(=O)C(Cc1ccccc1)N(Cc1ccccc1)C(=O)CN(c1cc(Cl)ccc1OC)S(=O)(=O)c1ccccc1. The molecule has 4 rings (SSSR count). The fraction of sp³-hybridized carbons (Fsp3) is 0.188. The predicted octanol–water partition coefficient (Wildman–Crippen LogP) is 4.93. The first-order valence-electron chi connectivity index (χ1n) is 13.2. The van der Waals surface area contributed by atoms with Crippen molar-refractivity contribution in [2.75, 3.05) is 25.0 Å². The summed E-state index contributed by atoms with van der Waals surface area (Å²) in [5.74, 6) is -0.737. The fourth-order valence-electron chi connectivity index (χ4n) is 4.59. The third-order valence-electron chi connectivity index (χ3n) is 6.73. The van der Waals surface area contributed by atoms with Gasteiger partial charge in [0.25, 0.3) is 10.0 Å². The zero-order valence-electron chi connectivity index (χ0n) is 23.3. The average Bonchev–Trinajstić information content (AvgIpc) is 3.02. The molecule has 4 aromatic rings. The van der Waals surface area contributed by atoms with Crippen molar-refractivity contribution in [1.29, 1.82) is 0 Å². The molecule has 4 aromatic carbocycles. The molecular weight excluding hydrogens is 574 g/mol. The van der Waals surface area contributed by atoms with Crippen molar-refractivity contribution in [1.82, 2.24) is 10.2 Å². The second kappa shape index (κ2) is 14.0. The van der Waals surface area contributed by atoms with Crippen LogP contribution in [0.4, 0.5) is 5.69 Å². The number of sulfonamides is 1. The van der Waals surface area contributed by atoms with E-state index in [1.165, 1.54) is 37.3 Å². The minimum atomic E-state index is -4.27. The number of halogens is 1. The number of nitrogens with zero attached hydrogens (tertiary/aromatic N) is 2. The van der Waals surface area contributed by atoms with Crippen LogP contribution in [0, 0.1) is 0 Å². The van der Waals surface area contributed by atoms with Gasteiger partial charge in [0.1, 0.15) is 18.3 Å². The zero-order chi connectivity index (χ0) is 30.1. The van der Waals surface area contributed by atoms with Crippen LogP contribution in [-0.2, 0) is 32.6 Å². The van der Waals surface area contributed by atoms with Crippen molar-refractivity contribution in [2.24, 2.45) is 0 Å². The Morgan fingerprint density at radius 1 is 0.857 bits per heavy atom. The van der Waals surface area contributed by atoms with E-state index in [0.29, 0.717) is 0 Å². The van der Waals surface area contributed by atoms with Crippen molar-refractivity contribution in [3.63, 3.8) is 0 Å². The third-order valence-corrected chi connectivity index (χ3v) is 8.74. The van der Waals surface area contributed by atoms with Gasteiger partial charge in [-0.2, -0.15) is 0 Å². The maximum absolute atomic E-state index is 14.3. The fourth-order valence-corrected chi connectivity index (χ4v) is 6.20. The molecule has 10 heteroatoms. The van der Waals surface area contributed by atoms with Crippen LogP contribution in [0.3, 0.4) is 0 Å². The van der Waals surface area contributed by atoms with Crippen molar-refractivity contribution in [3.05, 3.63) is 125 Å². The van der Waals surface area contributed by atoms with Crippen molar-refractivity contribution >= 4 is 39.1 Å². The van der Waals surface area contributed by atoms with E-state index in [-0.39, 0.29) is 40.2 Å². The highest BCUT2D eigenvalue weighted by molar-refractivity contribution is 7.92. The molecule has 8 nitrogen and oxygen atoms in total. The van der Waals surface area contributed by atoms with E-state index in [9.17, 15) is 18.0 Å². The van der Waals surface area contributed by atoms with Gasteiger partial charge in [-0.1, -0.05) is 90.5 Å². The van der Waals surface area contributed by atoms with Crippen LogP contribution in [0.15, 0.2) is 114 Å². The topological polar surface area (TPSA) is 96.0 Å². The van der Waals surface area contributed by atoms with Crippen LogP contribution >= 0.6 is 11.6 Å². The van der Waals surface area contributed by atoms with Crippen LogP contribution in [0.2, 0.25) is 5.02 Å². The number of benzene rings is 4. The van der Waals surface area contributed by atoms with Gasteiger partial charge in [-0.15, -0.1) is 0 Å². The number of methoxy groups -OCH3 is 1. The van der Waals surface area contributed by atoms with Crippen LogP contribution in [-0.4, -0.2) is 51.9 Å². The molecule has 0 spiro atoms. The van der Waals surface area contributed by atoms with Gasteiger partial charge in [0.2, 0.25) is 11.8 Å². The molecule has 0 heterocycles. The van der Waals surface area contributed by atoms with Gasteiger partial charge in [-0.05, 0) is 41.5 Å². The van der Waals surface area contributed by atoms with E-state index in [2.05, 4.69) is 5.32 Å². The highest BCUT2D eigenvalue weighted by Gasteiger charge is 2.35. The van der Waals surface area contributed by atoms with Crippen LogP contribution in [0.25, 0.3) is 0 Å². The minimum absolute atomic E-state index is 0.0124. The number of carbonyl (C=O) groups excluding carboxylic acids is 2. The molecule has 218 valence electrons. The summed E-state index contributed by atoms with van der Waals surface area (Å²) in [6.45, 7) is -0.528. The van der Waals surface area contributed by atoms with Gasteiger partial charge < -0.3 is 15.0 Å². The Labute approximate surface area is 251 Å². The molecule has 0 saturated heterocycles. The number of amides is 2. The summed E-state index contributed by atoms with van der Waals surface area (Å²) in [6, 6.07) is 30.0. The van der Waals surface area contributed by atoms with Crippen LogP contribution < -0.4 is 14.4 Å². The van der Waals surface area contributed by atoms with E-state index in [1.54, 1.807) is 30.3 Å². The number of anilines is 1. The van der Waals surface area contributed by atoms with E-state index in [0.717, 1.165) is 15.4 Å². The Morgan fingerprint density at radius 3 is 2.00 bits per heavy atom. The predicted molar refractivity (Wildman–Crippen MR) is 164 cm³/mol. The molecule has 0 aliphatic rings. The lowest BCUT2D eigenvalue weighted by atomic mass is 10.0. The lowest BCUT2D eigenvalue weighted by Gasteiger charge is -2.34. The Bertz CT molecular complexity index is 1600. The van der Waals surface area contributed by atoms with Gasteiger partial charge in [0.05, 0.1) is 17.7 Å². The van der Waals surface area contributed by atoms with E-state index in [4.69, 9.17) is 16.3 Å². The molecule has 1 atom stereocenters. The summed E-state index contributed by atoms with van der Waals surface area (Å²) in [7, 11) is -1.35. The number of hydrogen-bond acceptors (Lipinski definition) is 5. The highest BCUT2D eigenvalue weighted by atomic mass is 35.5. The van der Waals surface area contributed by atoms with Gasteiger partial charge in [-0.25, -0.2) is 8.42 Å². The minimum Gasteiger partial charge on any atom is -0.495 e. The van der Waals surface area contributed by atoms with Gasteiger partial charge in [0, 0.05) is 25.0 Å². The number of likely N-dealkylation sites (N-methyl/N-ethyl adjacent to an activating group) is 1. The standard InChI is InChI=1S/C32H32ClN3O5S/c1-34-32(38)29(20-24-12-6-3-7-13-24)35(22-25-14-8-4-9-15-25)31(37)23-36(28-21-26(33)18-19-30(28)41-2)42(39,40)27-16-10-5-11-17-27/h3-19,21,29H,20,22-23H2,1-2H3,(H,34,38). The van der Waals surface area contributed by atoms with Crippen molar-refractivity contribution in [3.8, 4) is 5.75 Å². The summed E-state index contributed by atoms with van der Waals surface area (Å²) in [4.78, 5) is 29.0. The summed E-state index contributed by atoms with van der Waals surface area (Å²) in [6.07, 6.45) is 0.227. The van der Waals surface area contributed by atoms with Gasteiger partial charge in [0.15, 0.2) is 0 Å². The first-order chi connectivity index (χ1) is 20.2. The molecule has 0 radical (unpaired) electrons. The van der Waals surface area contributed by atoms with Gasteiger partial charge >= 0.3 is 0 Å². The average molecular weight is 606 g/mol. The molecular formula is C32H32ClN3O5S. The molecule has 0 saturated carbocycles. The lowest BCUT2D eigenvalue weighted by Crippen LogP contribution is -2.53. The normalized spacial score (nSPS) is 11.8. The molecule has 0 aromatic heterocycles. The van der Waals surface area contributed by atoms with E-state index < -0.39 is 28.5 Å². The molecule has 0 bridgehead atoms. The largest absolute Gasteiger partial charge is 0.495 e. The Morgan fingerprint density at radius 2 is 1.43 bits per heavy atom. The second-order valence-corrected chi connectivity index (χ2v) is 11.8. The first kappa shape index (κ1) is 30.6. The van der Waals surface area contributed by atoms with Crippen molar-refractivity contribution in [2.45, 2.75) is 23.9 Å². The third kappa shape index (κ3) is 7.29. The number of ether oxygens (including phenoxy) is 1. The van der Waals surface area contributed by atoms with Crippen LogP contribution in [0.1, 0.15) is 11.1 Å². The number of rotatable bonds is 12. The number of nitrogens with one attached hydrogen (secondary N) is 1. The molecule has 0 fully saturated rings. The summed E-state index contributed by atoms with van der Waals surface area (Å²) in [5.41, 5.74) is 1.73. The monoisotopic (exact) mass is 605 g/mol. The number of hydrogen-bond donors (Lipinski definition) is 1. The maximum Gasteiger partial charge on any atom is 0.264 e. The van der Waals surface area contributed by atoms with Crippen molar-refractivity contribution < 1.29 is 22.7 Å². The lowest BCUT2D eigenvalue weighted by molar-refractivity contribution is -0.139. The summed E-state index contributed by atoms with van der Waals surface area (Å²) in [5, 5.41) is 2.93. The highest BCUT2D eigenvalue weighted by Crippen LogP contribution is 2.35. The molecule has 2 amide bonds. The second-order valence-electron chi connectivity index (χ2n) is 9.47.